The maximum absolute atomic E-state index is 12.1. The van der Waals surface area contributed by atoms with Gasteiger partial charge in [-0.25, -0.2) is 4.98 Å². The van der Waals surface area contributed by atoms with Gasteiger partial charge in [-0.2, -0.15) is 13.2 Å². The number of nitrogens with two attached hydrogens (primary N) is 1. The number of nitrogens with zero attached hydrogens (tertiary/aromatic N) is 1. The van der Waals surface area contributed by atoms with Gasteiger partial charge in [-0.05, 0) is 6.42 Å². The van der Waals surface area contributed by atoms with E-state index in [2.05, 4.69) is 4.98 Å². The molecule has 1 heterocycles. The number of alkyl halides is 3. The minimum atomic E-state index is -4.19. The minimum Gasteiger partial charge on any atom is -0.323 e. The third-order valence-electron chi connectivity index (χ3n) is 2.17. The van der Waals surface area contributed by atoms with Crippen LogP contribution in [0, 0.1) is 0 Å². The van der Waals surface area contributed by atoms with Crippen molar-refractivity contribution >= 4 is 11.3 Å². The average Bonchev–Trinajstić information content (AvgIpc) is 2.59. The Morgan fingerprint density at radius 2 is 2.19 bits per heavy atom. The van der Waals surface area contributed by atoms with Crippen LogP contribution in [0.25, 0.3) is 0 Å². The minimum absolute atomic E-state index is 0.0921. The van der Waals surface area contributed by atoms with Gasteiger partial charge in [-0.3, -0.25) is 0 Å². The van der Waals surface area contributed by atoms with E-state index in [4.69, 9.17) is 5.73 Å². The number of aromatic nitrogens is 1. The van der Waals surface area contributed by atoms with Crippen LogP contribution in [0.4, 0.5) is 13.2 Å². The molecule has 0 saturated carbocycles. The van der Waals surface area contributed by atoms with Crippen LogP contribution in [-0.4, -0.2) is 11.2 Å². The fourth-order valence-corrected chi connectivity index (χ4v) is 2.21. The molecule has 1 aromatic rings. The maximum atomic E-state index is 12.1. The van der Waals surface area contributed by atoms with Crippen molar-refractivity contribution < 1.29 is 13.2 Å². The van der Waals surface area contributed by atoms with Gasteiger partial charge >= 0.3 is 6.18 Å². The van der Waals surface area contributed by atoms with Crippen molar-refractivity contribution in [1.82, 2.24) is 4.98 Å². The second-order valence-corrected chi connectivity index (χ2v) is 4.65. The molecule has 2 nitrogen and oxygen atoms in total. The van der Waals surface area contributed by atoms with E-state index in [0.29, 0.717) is 5.69 Å². The number of thiazole rings is 1. The Balaban J connectivity index is 2.57. The zero-order valence-corrected chi connectivity index (χ0v) is 9.87. The first-order valence-electron chi connectivity index (χ1n) is 5.19. The first-order chi connectivity index (χ1) is 7.42. The zero-order chi connectivity index (χ0) is 12.2. The molecule has 0 radical (unpaired) electrons. The van der Waals surface area contributed by atoms with E-state index in [9.17, 15) is 13.2 Å². The van der Waals surface area contributed by atoms with Crippen molar-refractivity contribution in [3.8, 4) is 0 Å². The van der Waals surface area contributed by atoms with E-state index >= 15 is 0 Å². The first-order valence-corrected chi connectivity index (χ1v) is 6.07. The van der Waals surface area contributed by atoms with Gasteiger partial charge in [0.15, 0.2) is 0 Å². The molecule has 92 valence electrons. The van der Waals surface area contributed by atoms with E-state index in [-0.39, 0.29) is 11.0 Å². The molecule has 1 atom stereocenters. The highest BCUT2D eigenvalue weighted by atomic mass is 32.1. The number of rotatable bonds is 5. The van der Waals surface area contributed by atoms with Crippen molar-refractivity contribution in [2.75, 3.05) is 0 Å². The predicted molar refractivity (Wildman–Crippen MR) is 58.3 cm³/mol. The van der Waals surface area contributed by atoms with E-state index < -0.39 is 12.6 Å². The molecule has 0 amide bonds. The molecular weight excluding hydrogens is 237 g/mol. The Morgan fingerprint density at radius 3 is 2.75 bits per heavy atom. The van der Waals surface area contributed by atoms with Crippen molar-refractivity contribution in [3.05, 3.63) is 16.1 Å². The molecule has 0 aliphatic carbocycles. The van der Waals surface area contributed by atoms with E-state index in [1.807, 2.05) is 6.92 Å². The normalized spacial score (nSPS) is 14.1. The van der Waals surface area contributed by atoms with Crippen LogP contribution in [0.3, 0.4) is 0 Å². The summed E-state index contributed by atoms with van der Waals surface area (Å²) < 4.78 is 36.3. The summed E-state index contributed by atoms with van der Waals surface area (Å²) in [6, 6.07) is -0.238. The highest BCUT2D eigenvalue weighted by Gasteiger charge is 2.29. The molecule has 1 unspecified atom stereocenters. The summed E-state index contributed by atoms with van der Waals surface area (Å²) >= 11 is 1.03. The largest absolute Gasteiger partial charge is 0.395 e. The second-order valence-electron chi connectivity index (χ2n) is 3.71. The van der Waals surface area contributed by atoms with E-state index in [1.165, 1.54) is 0 Å². The summed E-state index contributed by atoms with van der Waals surface area (Å²) in [7, 11) is 0. The molecule has 0 aromatic carbocycles. The molecular formula is C10H15F3N2S. The fourth-order valence-electron chi connectivity index (χ4n) is 1.32. The monoisotopic (exact) mass is 252 g/mol. The SMILES string of the molecule is CCCCC(N)c1csc(CC(F)(F)F)n1. The Labute approximate surface area is 96.7 Å². The van der Waals surface area contributed by atoms with Gasteiger partial charge in [0.2, 0.25) is 0 Å². The van der Waals surface area contributed by atoms with Crippen molar-refractivity contribution in [1.29, 1.82) is 0 Å². The number of hydrogen-bond donors (Lipinski definition) is 1. The molecule has 16 heavy (non-hydrogen) atoms. The maximum Gasteiger partial charge on any atom is 0.395 e. The Kier molecular flexibility index (Phi) is 4.73. The summed E-state index contributed by atoms with van der Waals surface area (Å²) in [5.74, 6) is 0. The van der Waals surface area contributed by atoms with Crippen LogP contribution in [0.1, 0.15) is 42.9 Å². The Morgan fingerprint density at radius 1 is 1.50 bits per heavy atom. The van der Waals surface area contributed by atoms with Crippen molar-refractivity contribution in [3.63, 3.8) is 0 Å². The van der Waals surface area contributed by atoms with Gasteiger partial charge in [0.05, 0.1) is 12.1 Å². The number of halogens is 3. The Bertz CT molecular complexity index is 322. The van der Waals surface area contributed by atoms with Crippen molar-refractivity contribution in [2.24, 2.45) is 5.73 Å². The lowest BCUT2D eigenvalue weighted by Crippen LogP contribution is -2.13. The summed E-state index contributed by atoms with van der Waals surface area (Å²) in [5, 5.41) is 1.72. The highest BCUT2D eigenvalue weighted by Crippen LogP contribution is 2.25. The van der Waals surface area contributed by atoms with Crippen LogP contribution in [0.2, 0.25) is 0 Å². The topological polar surface area (TPSA) is 38.9 Å². The molecule has 0 aliphatic heterocycles. The smallest absolute Gasteiger partial charge is 0.323 e. The van der Waals surface area contributed by atoms with Crippen LogP contribution >= 0.6 is 11.3 Å². The lowest BCUT2D eigenvalue weighted by atomic mass is 10.1. The molecule has 0 saturated heterocycles. The highest BCUT2D eigenvalue weighted by molar-refractivity contribution is 7.09. The first kappa shape index (κ1) is 13.4. The molecule has 1 rings (SSSR count). The third kappa shape index (κ3) is 4.49. The summed E-state index contributed by atoms with van der Waals surface area (Å²) in [6.07, 6.45) is -2.40. The molecule has 0 aliphatic rings. The summed E-state index contributed by atoms with van der Waals surface area (Å²) in [4.78, 5) is 3.92. The molecule has 2 N–H and O–H groups in total. The second kappa shape index (κ2) is 5.63. The van der Waals surface area contributed by atoms with Gasteiger partial charge in [0.25, 0.3) is 0 Å². The van der Waals surface area contributed by atoms with E-state index in [0.717, 1.165) is 30.6 Å². The molecule has 0 bridgehead atoms. The lowest BCUT2D eigenvalue weighted by molar-refractivity contribution is -0.127. The predicted octanol–water partition coefficient (Wildman–Crippen LogP) is 3.44. The van der Waals surface area contributed by atoms with Gasteiger partial charge < -0.3 is 5.73 Å². The lowest BCUT2D eigenvalue weighted by Gasteiger charge is -2.07. The number of unbranched alkanes of at least 4 members (excludes halogenated alkanes) is 1. The Hall–Kier alpha value is -0.620. The molecule has 0 fully saturated rings. The average molecular weight is 252 g/mol. The molecule has 0 spiro atoms. The van der Waals surface area contributed by atoms with Crippen LogP contribution < -0.4 is 5.73 Å². The van der Waals surface area contributed by atoms with Gasteiger partial charge in [0, 0.05) is 11.4 Å². The molecule has 6 heteroatoms. The summed E-state index contributed by atoms with van der Waals surface area (Å²) in [5.41, 5.74) is 6.40. The summed E-state index contributed by atoms with van der Waals surface area (Å²) in [6.45, 7) is 2.04. The quantitative estimate of drug-likeness (QED) is 0.871. The van der Waals surface area contributed by atoms with Gasteiger partial charge in [0.1, 0.15) is 5.01 Å². The fraction of sp³-hybridized carbons (Fsp3) is 0.700. The van der Waals surface area contributed by atoms with E-state index in [1.54, 1.807) is 5.38 Å². The third-order valence-corrected chi connectivity index (χ3v) is 3.04. The molecule has 1 aromatic heterocycles. The van der Waals surface area contributed by atoms with Gasteiger partial charge in [-0.15, -0.1) is 11.3 Å². The van der Waals surface area contributed by atoms with Crippen molar-refractivity contribution in [2.45, 2.75) is 44.8 Å². The van der Waals surface area contributed by atoms with Crippen LogP contribution in [0.5, 0.6) is 0 Å². The van der Waals surface area contributed by atoms with Crippen LogP contribution in [0.15, 0.2) is 5.38 Å². The number of hydrogen-bond acceptors (Lipinski definition) is 3. The zero-order valence-electron chi connectivity index (χ0n) is 9.05. The standard InChI is InChI=1S/C10H15F3N2S/c1-2-3-4-7(14)8-6-16-9(15-8)5-10(11,12)13/h6-7H,2-5,14H2,1H3. The van der Waals surface area contributed by atoms with Gasteiger partial charge in [-0.1, -0.05) is 19.8 Å². The van der Waals surface area contributed by atoms with Crippen LogP contribution in [-0.2, 0) is 6.42 Å².